The smallest absolute Gasteiger partial charge is 0.321 e. The average Bonchev–Trinajstić information content (AvgIpc) is 2.98. The maximum absolute atomic E-state index is 13.8. The van der Waals surface area contributed by atoms with Crippen molar-refractivity contribution in [2.45, 2.75) is 51.6 Å². The molecule has 0 saturated heterocycles. The van der Waals surface area contributed by atoms with Crippen molar-refractivity contribution in [3.05, 3.63) is 95.1 Å². The molecule has 236 valence electrons. The molecule has 0 aliphatic rings. The minimum absolute atomic E-state index is 0.103. The standard InChI is InChI=1S/C32H27F7N4O2/c1-17(2)20-9-11-21(12-10-20)27-16-25(24-14-18(3)8-13-26(24)41-27)28(44)43-42-19(4)22-6-5-7-23(15-22)40-29(45)30(33,34)31(35,36)32(37,38)39/h5-17H,1-4H3,(H,40,45)(H,43,44)/b42-19+. The maximum atomic E-state index is 13.8. The van der Waals surface area contributed by atoms with Crippen LogP contribution in [0.1, 0.15) is 53.7 Å². The van der Waals surface area contributed by atoms with Crippen LogP contribution in [0, 0.1) is 6.92 Å². The number of hydrogen-bond acceptors (Lipinski definition) is 4. The van der Waals surface area contributed by atoms with Gasteiger partial charge in [0.2, 0.25) is 0 Å². The number of fused-ring (bicyclic) bond motifs is 1. The molecule has 1 heterocycles. The van der Waals surface area contributed by atoms with Gasteiger partial charge in [0.1, 0.15) is 0 Å². The average molecular weight is 633 g/mol. The van der Waals surface area contributed by atoms with Crippen LogP contribution in [0.3, 0.4) is 0 Å². The number of benzene rings is 3. The van der Waals surface area contributed by atoms with Crippen LogP contribution in [-0.4, -0.2) is 40.5 Å². The first-order chi connectivity index (χ1) is 20.9. The minimum atomic E-state index is -6.66. The van der Waals surface area contributed by atoms with E-state index in [2.05, 4.69) is 24.4 Å². The second-order valence-corrected chi connectivity index (χ2v) is 10.7. The SMILES string of the molecule is C/C(=N\NC(=O)c1cc(-c2ccc(C(C)C)cc2)nc2ccc(C)cc12)c1cccc(NC(=O)C(F)(F)C(F)(F)C(F)(F)F)c1. The summed E-state index contributed by atoms with van der Waals surface area (Å²) in [6, 6.07) is 19.5. The summed E-state index contributed by atoms with van der Waals surface area (Å²) in [7, 11) is 0. The molecular weight excluding hydrogens is 605 g/mol. The molecule has 2 N–H and O–H groups in total. The fourth-order valence-electron chi connectivity index (χ4n) is 4.33. The van der Waals surface area contributed by atoms with E-state index in [4.69, 9.17) is 4.98 Å². The number of hydrazone groups is 1. The van der Waals surface area contributed by atoms with Crippen molar-refractivity contribution in [2.24, 2.45) is 5.10 Å². The molecule has 4 aromatic rings. The number of hydrogen-bond donors (Lipinski definition) is 2. The Bertz CT molecular complexity index is 1780. The van der Waals surface area contributed by atoms with Gasteiger partial charge in [-0.25, -0.2) is 10.4 Å². The number of halogens is 7. The monoisotopic (exact) mass is 632 g/mol. The number of pyridine rings is 1. The van der Waals surface area contributed by atoms with Crippen molar-refractivity contribution in [3.63, 3.8) is 0 Å². The lowest BCUT2D eigenvalue weighted by Gasteiger charge is -2.27. The third-order valence-electron chi connectivity index (χ3n) is 6.98. The van der Waals surface area contributed by atoms with Crippen LogP contribution in [0.5, 0.6) is 0 Å². The third kappa shape index (κ3) is 6.81. The van der Waals surface area contributed by atoms with Crippen LogP contribution >= 0.6 is 0 Å². The van der Waals surface area contributed by atoms with Gasteiger partial charge in [-0.2, -0.15) is 35.8 Å². The van der Waals surface area contributed by atoms with Gasteiger partial charge in [0.25, 0.3) is 5.91 Å². The number of nitrogens with zero attached hydrogens (tertiary/aromatic N) is 2. The van der Waals surface area contributed by atoms with Crippen molar-refractivity contribution in [1.82, 2.24) is 10.4 Å². The molecule has 0 spiro atoms. The van der Waals surface area contributed by atoms with Gasteiger partial charge in [-0.1, -0.05) is 61.9 Å². The molecule has 0 unspecified atom stereocenters. The van der Waals surface area contributed by atoms with Crippen molar-refractivity contribution in [1.29, 1.82) is 0 Å². The quantitative estimate of drug-likeness (QED) is 0.117. The molecule has 0 atom stereocenters. The largest absolute Gasteiger partial charge is 0.460 e. The van der Waals surface area contributed by atoms with E-state index in [0.29, 0.717) is 22.5 Å². The Labute approximate surface area is 253 Å². The number of nitrogens with one attached hydrogen (secondary N) is 2. The van der Waals surface area contributed by atoms with E-state index in [1.807, 2.05) is 37.3 Å². The van der Waals surface area contributed by atoms with E-state index < -0.39 is 35.5 Å². The Morgan fingerprint density at radius 3 is 2.16 bits per heavy atom. The molecule has 4 rings (SSSR count). The Morgan fingerprint density at radius 1 is 0.867 bits per heavy atom. The topological polar surface area (TPSA) is 83.4 Å². The number of alkyl halides is 7. The van der Waals surface area contributed by atoms with Gasteiger partial charge in [0, 0.05) is 16.6 Å². The predicted molar refractivity (Wildman–Crippen MR) is 157 cm³/mol. The predicted octanol–water partition coefficient (Wildman–Crippen LogP) is 8.26. The van der Waals surface area contributed by atoms with E-state index in [1.54, 1.807) is 18.2 Å². The highest BCUT2D eigenvalue weighted by atomic mass is 19.4. The highest BCUT2D eigenvalue weighted by Gasteiger charge is 2.76. The van der Waals surface area contributed by atoms with Crippen LogP contribution < -0.4 is 10.7 Å². The van der Waals surface area contributed by atoms with E-state index >= 15 is 0 Å². The third-order valence-corrected chi connectivity index (χ3v) is 6.98. The first kappa shape index (κ1) is 33.1. The molecule has 3 aromatic carbocycles. The van der Waals surface area contributed by atoms with E-state index in [-0.39, 0.29) is 16.8 Å². The van der Waals surface area contributed by atoms with Gasteiger partial charge >= 0.3 is 23.9 Å². The molecule has 0 saturated carbocycles. The lowest BCUT2D eigenvalue weighted by Crippen LogP contribution is -2.57. The zero-order valence-electron chi connectivity index (χ0n) is 24.4. The Kier molecular flexibility index (Phi) is 9.04. The number of rotatable bonds is 8. The van der Waals surface area contributed by atoms with Crippen LogP contribution in [-0.2, 0) is 4.79 Å². The van der Waals surface area contributed by atoms with Gasteiger partial charge in [-0.15, -0.1) is 0 Å². The molecule has 0 radical (unpaired) electrons. The highest BCUT2D eigenvalue weighted by Crippen LogP contribution is 2.47. The molecule has 1 aromatic heterocycles. The first-order valence-electron chi connectivity index (χ1n) is 13.5. The van der Waals surface area contributed by atoms with Crippen LogP contribution in [0.25, 0.3) is 22.2 Å². The molecule has 0 fully saturated rings. The minimum Gasteiger partial charge on any atom is -0.321 e. The summed E-state index contributed by atoms with van der Waals surface area (Å²) < 4.78 is 91.5. The second kappa shape index (κ2) is 12.3. The first-order valence-corrected chi connectivity index (χ1v) is 13.5. The van der Waals surface area contributed by atoms with Gasteiger partial charge in [0.05, 0.1) is 22.5 Å². The molecule has 0 bridgehead atoms. The second-order valence-electron chi connectivity index (χ2n) is 10.7. The molecular formula is C32H27F7N4O2. The summed E-state index contributed by atoms with van der Waals surface area (Å²) in [4.78, 5) is 29.8. The van der Waals surface area contributed by atoms with Crippen molar-refractivity contribution >= 4 is 34.1 Å². The van der Waals surface area contributed by atoms with E-state index in [0.717, 1.165) is 28.8 Å². The van der Waals surface area contributed by atoms with E-state index in [9.17, 15) is 40.3 Å². The summed E-state index contributed by atoms with van der Waals surface area (Å²) >= 11 is 0. The molecule has 2 amide bonds. The molecule has 0 aliphatic heterocycles. The lowest BCUT2D eigenvalue weighted by atomic mass is 9.99. The number of carbonyl (C=O) groups excluding carboxylic acids is 2. The Morgan fingerprint density at radius 2 is 1.53 bits per heavy atom. The summed E-state index contributed by atoms with van der Waals surface area (Å²) in [6.07, 6.45) is -6.66. The number of anilines is 1. The summed E-state index contributed by atoms with van der Waals surface area (Å²) in [5.41, 5.74) is 6.33. The normalized spacial score (nSPS) is 12.8. The van der Waals surface area contributed by atoms with Crippen molar-refractivity contribution in [2.75, 3.05) is 5.32 Å². The van der Waals surface area contributed by atoms with Crippen LogP contribution in [0.2, 0.25) is 0 Å². The van der Waals surface area contributed by atoms with Crippen LogP contribution in [0.4, 0.5) is 36.4 Å². The number of aromatic nitrogens is 1. The molecule has 45 heavy (non-hydrogen) atoms. The summed E-state index contributed by atoms with van der Waals surface area (Å²) in [5, 5.41) is 5.99. The zero-order valence-corrected chi connectivity index (χ0v) is 24.4. The van der Waals surface area contributed by atoms with E-state index in [1.165, 1.54) is 24.4 Å². The lowest BCUT2D eigenvalue weighted by molar-refractivity contribution is -0.343. The number of aryl methyl sites for hydroxylation is 1. The Balaban J connectivity index is 1.59. The summed E-state index contributed by atoms with van der Waals surface area (Å²) in [5.74, 6) is -15.8. The van der Waals surface area contributed by atoms with Gasteiger partial charge in [-0.3, -0.25) is 9.59 Å². The fraction of sp³-hybridized carbons (Fsp3) is 0.250. The maximum Gasteiger partial charge on any atom is 0.460 e. The highest BCUT2D eigenvalue weighted by molar-refractivity contribution is 6.08. The van der Waals surface area contributed by atoms with Gasteiger partial charge < -0.3 is 5.32 Å². The van der Waals surface area contributed by atoms with Crippen molar-refractivity contribution in [3.8, 4) is 11.3 Å². The number of carbonyl (C=O) groups is 2. The molecule has 6 nitrogen and oxygen atoms in total. The van der Waals surface area contributed by atoms with Crippen molar-refractivity contribution < 1.29 is 40.3 Å². The van der Waals surface area contributed by atoms with Crippen LogP contribution in [0.15, 0.2) is 77.9 Å². The van der Waals surface area contributed by atoms with Gasteiger partial charge in [-0.05, 0) is 61.2 Å². The molecule has 13 heteroatoms. The number of amides is 2. The Hall–Kier alpha value is -4.81. The summed E-state index contributed by atoms with van der Waals surface area (Å²) in [6.45, 7) is 7.42. The zero-order chi connectivity index (χ0) is 33.3. The fourth-order valence-corrected chi connectivity index (χ4v) is 4.33. The molecule has 0 aliphatic carbocycles. The van der Waals surface area contributed by atoms with Gasteiger partial charge in [0.15, 0.2) is 0 Å².